The molecule has 1 atom stereocenters. The second-order valence-electron chi connectivity index (χ2n) is 7.95. The maximum absolute atomic E-state index is 12.7. The van der Waals surface area contributed by atoms with Crippen LogP contribution in [0.3, 0.4) is 0 Å². The highest BCUT2D eigenvalue weighted by molar-refractivity contribution is 6.16. The average Bonchev–Trinajstić information content (AvgIpc) is 3.17. The average molecular weight is 436 g/mol. The van der Waals surface area contributed by atoms with Gasteiger partial charge in [-0.25, -0.2) is 0 Å². The Morgan fingerprint density at radius 2 is 1.59 bits per heavy atom. The van der Waals surface area contributed by atoms with Crippen LogP contribution in [0, 0.1) is 12.8 Å². The van der Waals surface area contributed by atoms with E-state index in [1.807, 2.05) is 0 Å². The second-order valence-corrected chi connectivity index (χ2v) is 7.95. The number of ether oxygens (including phenoxy) is 2. The minimum Gasteiger partial charge on any atom is -0.497 e. The summed E-state index contributed by atoms with van der Waals surface area (Å²) >= 11 is 0. The number of imide groups is 1. The standard InChI is InChI=1S/C24H24N2O6/c1-15-12-19(10-11-20(15)26-21(27)4-3-5-22(26)28)32-24(30)16-13-23(29)25(14-16)17-6-8-18(31-2)9-7-17/h6-12,16H,3-5,13-14H2,1-2H3/t16-/m0/s1. The predicted molar refractivity (Wildman–Crippen MR) is 117 cm³/mol. The highest BCUT2D eigenvalue weighted by atomic mass is 16.5. The molecule has 2 aromatic rings. The van der Waals surface area contributed by atoms with Crippen LogP contribution in [-0.4, -0.2) is 37.3 Å². The van der Waals surface area contributed by atoms with E-state index in [4.69, 9.17) is 9.47 Å². The summed E-state index contributed by atoms with van der Waals surface area (Å²) in [5.41, 5.74) is 1.85. The molecule has 0 spiro atoms. The van der Waals surface area contributed by atoms with Crippen molar-refractivity contribution in [3.63, 3.8) is 0 Å². The number of carbonyl (C=O) groups excluding carboxylic acids is 4. The molecule has 166 valence electrons. The minimum atomic E-state index is -0.588. The molecule has 2 heterocycles. The maximum atomic E-state index is 12.7. The van der Waals surface area contributed by atoms with Crippen molar-refractivity contribution in [2.45, 2.75) is 32.6 Å². The van der Waals surface area contributed by atoms with Gasteiger partial charge < -0.3 is 14.4 Å². The van der Waals surface area contributed by atoms with Crippen molar-refractivity contribution in [2.24, 2.45) is 5.92 Å². The molecule has 0 aromatic heterocycles. The van der Waals surface area contributed by atoms with Crippen molar-refractivity contribution < 1.29 is 28.7 Å². The fraction of sp³-hybridized carbons (Fsp3) is 0.333. The normalized spacial score (nSPS) is 18.8. The molecule has 2 fully saturated rings. The molecular weight excluding hydrogens is 412 g/mol. The SMILES string of the molecule is COc1ccc(N2C[C@@H](C(=O)Oc3ccc(N4C(=O)CCCC4=O)c(C)c3)CC2=O)cc1. The summed E-state index contributed by atoms with van der Waals surface area (Å²) in [4.78, 5) is 52.3. The monoisotopic (exact) mass is 436 g/mol. The molecule has 8 heteroatoms. The molecule has 0 aliphatic carbocycles. The van der Waals surface area contributed by atoms with Gasteiger partial charge in [0, 0.05) is 31.5 Å². The molecule has 2 saturated heterocycles. The Kier molecular flexibility index (Phi) is 5.94. The summed E-state index contributed by atoms with van der Waals surface area (Å²) in [5.74, 6) is -0.687. The van der Waals surface area contributed by atoms with Gasteiger partial charge in [0.1, 0.15) is 11.5 Å². The van der Waals surface area contributed by atoms with E-state index in [-0.39, 0.29) is 30.7 Å². The summed E-state index contributed by atoms with van der Waals surface area (Å²) in [6.07, 6.45) is 1.31. The minimum absolute atomic E-state index is 0.0682. The van der Waals surface area contributed by atoms with Gasteiger partial charge in [-0.3, -0.25) is 24.1 Å². The summed E-state index contributed by atoms with van der Waals surface area (Å²) in [6, 6.07) is 11.9. The maximum Gasteiger partial charge on any atom is 0.316 e. The van der Waals surface area contributed by atoms with Crippen molar-refractivity contribution in [1.29, 1.82) is 0 Å². The Bertz CT molecular complexity index is 1060. The summed E-state index contributed by atoms with van der Waals surface area (Å²) in [6.45, 7) is 1.99. The molecule has 0 unspecified atom stereocenters. The summed E-state index contributed by atoms with van der Waals surface area (Å²) in [5, 5.41) is 0. The number of benzene rings is 2. The van der Waals surface area contributed by atoms with Gasteiger partial charge in [0.05, 0.1) is 18.7 Å². The molecule has 8 nitrogen and oxygen atoms in total. The van der Waals surface area contributed by atoms with Crippen molar-refractivity contribution >= 4 is 35.1 Å². The van der Waals surface area contributed by atoms with Gasteiger partial charge >= 0.3 is 5.97 Å². The first kappa shape index (κ1) is 21.5. The van der Waals surface area contributed by atoms with Gasteiger partial charge in [-0.1, -0.05) is 0 Å². The first-order valence-corrected chi connectivity index (χ1v) is 10.5. The quantitative estimate of drug-likeness (QED) is 0.406. The molecule has 0 radical (unpaired) electrons. The smallest absolute Gasteiger partial charge is 0.316 e. The van der Waals surface area contributed by atoms with Crippen molar-refractivity contribution in [3.05, 3.63) is 48.0 Å². The number of carbonyl (C=O) groups is 4. The number of hydrogen-bond donors (Lipinski definition) is 0. The van der Waals surface area contributed by atoms with Gasteiger partial charge in [-0.15, -0.1) is 0 Å². The van der Waals surface area contributed by atoms with Gasteiger partial charge in [0.2, 0.25) is 17.7 Å². The van der Waals surface area contributed by atoms with Crippen molar-refractivity contribution in [3.8, 4) is 11.5 Å². The number of hydrogen-bond acceptors (Lipinski definition) is 6. The van der Waals surface area contributed by atoms with Gasteiger partial charge in [0.25, 0.3) is 0 Å². The molecule has 0 saturated carbocycles. The zero-order valence-corrected chi connectivity index (χ0v) is 18.0. The molecule has 2 aliphatic heterocycles. The number of amides is 3. The largest absolute Gasteiger partial charge is 0.497 e. The van der Waals surface area contributed by atoms with Crippen LogP contribution in [0.4, 0.5) is 11.4 Å². The third-order valence-electron chi connectivity index (χ3n) is 5.75. The molecular formula is C24H24N2O6. The number of anilines is 2. The number of esters is 1. The lowest BCUT2D eigenvalue weighted by Crippen LogP contribution is -2.40. The molecule has 2 aromatic carbocycles. The lowest BCUT2D eigenvalue weighted by molar-refractivity contribution is -0.139. The Morgan fingerprint density at radius 3 is 2.22 bits per heavy atom. The van der Waals surface area contributed by atoms with Crippen LogP contribution in [0.1, 0.15) is 31.2 Å². The number of aryl methyl sites for hydroxylation is 1. The highest BCUT2D eigenvalue weighted by Gasteiger charge is 2.36. The number of methoxy groups -OCH3 is 1. The molecule has 0 N–H and O–H groups in total. The van der Waals surface area contributed by atoms with Crippen LogP contribution in [0.25, 0.3) is 0 Å². The fourth-order valence-corrected chi connectivity index (χ4v) is 4.04. The Labute approximate surface area is 185 Å². The van der Waals surface area contributed by atoms with Crippen LogP contribution in [0.2, 0.25) is 0 Å². The molecule has 4 rings (SSSR count). The van der Waals surface area contributed by atoms with E-state index in [0.717, 1.165) is 0 Å². The first-order valence-electron chi connectivity index (χ1n) is 10.5. The van der Waals surface area contributed by atoms with Crippen LogP contribution in [-0.2, 0) is 19.2 Å². The van der Waals surface area contributed by atoms with E-state index >= 15 is 0 Å². The zero-order valence-electron chi connectivity index (χ0n) is 18.0. The first-order chi connectivity index (χ1) is 15.4. The molecule has 32 heavy (non-hydrogen) atoms. The van der Waals surface area contributed by atoms with Gasteiger partial charge in [-0.05, 0) is 61.4 Å². The summed E-state index contributed by atoms with van der Waals surface area (Å²) < 4.78 is 10.7. The molecule has 0 bridgehead atoms. The van der Waals surface area contributed by atoms with Crippen LogP contribution >= 0.6 is 0 Å². The van der Waals surface area contributed by atoms with E-state index in [9.17, 15) is 19.2 Å². The van der Waals surface area contributed by atoms with Crippen LogP contribution in [0.15, 0.2) is 42.5 Å². The van der Waals surface area contributed by atoms with Crippen molar-refractivity contribution in [1.82, 2.24) is 0 Å². The molecule has 2 aliphatic rings. The second kappa shape index (κ2) is 8.82. The Morgan fingerprint density at radius 1 is 0.938 bits per heavy atom. The van der Waals surface area contributed by atoms with Crippen LogP contribution < -0.4 is 19.3 Å². The van der Waals surface area contributed by atoms with Gasteiger partial charge in [-0.2, -0.15) is 0 Å². The fourth-order valence-electron chi connectivity index (χ4n) is 4.04. The highest BCUT2D eigenvalue weighted by Crippen LogP contribution is 2.31. The van der Waals surface area contributed by atoms with E-state index < -0.39 is 11.9 Å². The lowest BCUT2D eigenvalue weighted by Gasteiger charge is -2.26. The predicted octanol–water partition coefficient (Wildman–Crippen LogP) is 3.01. The number of nitrogens with zero attached hydrogens (tertiary/aromatic N) is 2. The molecule has 3 amide bonds. The number of piperidine rings is 1. The Hall–Kier alpha value is -3.68. The van der Waals surface area contributed by atoms with E-state index in [2.05, 4.69) is 0 Å². The zero-order chi connectivity index (χ0) is 22.8. The third kappa shape index (κ3) is 4.21. The topological polar surface area (TPSA) is 93.2 Å². The van der Waals surface area contributed by atoms with E-state index in [1.54, 1.807) is 61.4 Å². The summed E-state index contributed by atoms with van der Waals surface area (Å²) in [7, 11) is 1.57. The van der Waals surface area contributed by atoms with Crippen LogP contribution in [0.5, 0.6) is 11.5 Å². The van der Waals surface area contributed by atoms with Crippen molar-refractivity contribution in [2.75, 3.05) is 23.5 Å². The lowest BCUT2D eigenvalue weighted by atomic mass is 10.1. The van der Waals surface area contributed by atoms with Gasteiger partial charge in [0.15, 0.2) is 0 Å². The Balaban J connectivity index is 1.43. The third-order valence-corrected chi connectivity index (χ3v) is 5.75. The van der Waals surface area contributed by atoms with E-state index in [1.165, 1.54) is 4.90 Å². The number of rotatable bonds is 5. The van der Waals surface area contributed by atoms with E-state index in [0.29, 0.717) is 47.7 Å².